The van der Waals surface area contributed by atoms with E-state index in [-0.39, 0.29) is 12.5 Å². The summed E-state index contributed by atoms with van der Waals surface area (Å²) in [6, 6.07) is 19.1. The van der Waals surface area contributed by atoms with E-state index >= 15 is 0 Å². The molecule has 0 spiro atoms. The fourth-order valence-corrected chi connectivity index (χ4v) is 3.51. The van der Waals surface area contributed by atoms with E-state index in [1.807, 2.05) is 67.6 Å². The highest BCUT2D eigenvalue weighted by Gasteiger charge is 2.09. The summed E-state index contributed by atoms with van der Waals surface area (Å²) < 4.78 is 7.41. The van der Waals surface area contributed by atoms with Crippen LogP contribution in [0.3, 0.4) is 0 Å². The fraction of sp³-hybridized carbons (Fsp3) is 0.250. The van der Waals surface area contributed by atoms with Crippen LogP contribution in [0.2, 0.25) is 0 Å². The van der Waals surface area contributed by atoms with Gasteiger partial charge in [-0.1, -0.05) is 18.2 Å². The van der Waals surface area contributed by atoms with Crippen molar-refractivity contribution >= 4 is 22.9 Å². The van der Waals surface area contributed by atoms with Crippen molar-refractivity contribution in [3.63, 3.8) is 0 Å². The number of anilines is 2. The number of amides is 1. The second-order valence-electron chi connectivity index (χ2n) is 7.32. The molecule has 32 heavy (non-hydrogen) atoms. The molecule has 0 aliphatic heterocycles. The molecular weight excluding hydrogens is 404 g/mol. The van der Waals surface area contributed by atoms with Crippen molar-refractivity contribution in [2.45, 2.75) is 20.8 Å². The quantitative estimate of drug-likeness (QED) is 0.455. The molecule has 1 N–H and O–H groups in total. The molecule has 0 aliphatic rings. The third-order valence-electron chi connectivity index (χ3n) is 5.18. The smallest absolute Gasteiger partial charge is 0.262 e. The summed E-state index contributed by atoms with van der Waals surface area (Å²) in [5.74, 6) is 1.15. The molecule has 0 bridgehead atoms. The van der Waals surface area contributed by atoms with Gasteiger partial charge < -0.3 is 15.0 Å². The molecule has 0 aliphatic carbocycles. The summed E-state index contributed by atoms with van der Waals surface area (Å²) >= 11 is 0. The van der Waals surface area contributed by atoms with Crippen LogP contribution in [0, 0.1) is 6.92 Å². The van der Waals surface area contributed by atoms with Gasteiger partial charge in [-0.25, -0.2) is 0 Å². The van der Waals surface area contributed by atoms with Crippen LogP contribution < -0.4 is 15.0 Å². The normalized spacial score (nSPS) is 10.8. The summed E-state index contributed by atoms with van der Waals surface area (Å²) in [4.78, 5) is 14.7. The minimum Gasteiger partial charge on any atom is -0.484 e. The van der Waals surface area contributed by atoms with Crippen LogP contribution in [0.1, 0.15) is 19.7 Å². The van der Waals surface area contributed by atoms with E-state index in [9.17, 15) is 4.79 Å². The average Bonchev–Trinajstić information content (AvgIpc) is 3.19. The van der Waals surface area contributed by atoms with Crippen molar-refractivity contribution in [1.29, 1.82) is 0 Å². The van der Waals surface area contributed by atoms with Gasteiger partial charge in [0.25, 0.3) is 5.91 Å². The molecule has 1 amide bonds. The fourth-order valence-electron chi connectivity index (χ4n) is 3.51. The molecule has 0 unspecified atom stereocenters. The Bertz CT molecular complexity index is 1230. The number of hydrogen-bond acceptors (Lipinski definition) is 6. The monoisotopic (exact) mass is 430 g/mol. The van der Waals surface area contributed by atoms with E-state index in [1.54, 1.807) is 4.52 Å². The molecule has 8 nitrogen and oxygen atoms in total. The van der Waals surface area contributed by atoms with Gasteiger partial charge in [-0.3, -0.25) is 4.79 Å². The number of carbonyl (C=O) groups is 1. The van der Waals surface area contributed by atoms with Crippen molar-refractivity contribution in [3.8, 4) is 17.0 Å². The summed E-state index contributed by atoms with van der Waals surface area (Å²) in [5, 5.41) is 15.6. The predicted octanol–water partition coefficient (Wildman–Crippen LogP) is 3.96. The van der Waals surface area contributed by atoms with Crippen molar-refractivity contribution in [3.05, 3.63) is 66.5 Å². The molecular formula is C24H26N6O2. The Morgan fingerprint density at radius 1 is 1.03 bits per heavy atom. The number of hydrogen-bond donors (Lipinski definition) is 1. The van der Waals surface area contributed by atoms with Gasteiger partial charge in [0, 0.05) is 36.1 Å². The third-order valence-corrected chi connectivity index (χ3v) is 5.18. The number of carbonyl (C=O) groups excluding carboxylic acids is 1. The van der Waals surface area contributed by atoms with E-state index in [1.165, 1.54) is 0 Å². The number of nitrogens with zero attached hydrogens (tertiary/aromatic N) is 5. The minimum atomic E-state index is -0.228. The second-order valence-corrected chi connectivity index (χ2v) is 7.32. The lowest BCUT2D eigenvalue weighted by atomic mass is 10.1. The number of aromatic nitrogens is 4. The second kappa shape index (κ2) is 9.47. The Kier molecular flexibility index (Phi) is 6.30. The molecule has 0 fully saturated rings. The highest BCUT2D eigenvalue weighted by atomic mass is 16.5. The third kappa shape index (κ3) is 4.69. The van der Waals surface area contributed by atoms with Crippen LogP contribution >= 0.6 is 0 Å². The van der Waals surface area contributed by atoms with Gasteiger partial charge in [0.1, 0.15) is 5.75 Å². The van der Waals surface area contributed by atoms with Gasteiger partial charge >= 0.3 is 0 Å². The predicted molar refractivity (Wildman–Crippen MR) is 125 cm³/mol. The van der Waals surface area contributed by atoms with E-state index in [0.29, 0.717) is 22.9 Å². The molecule has 4 aromatic rings. The first-order valence-electron chi connectivity index (χ1n) is 10.6. The summed E-state index contributed by atoms with van der Waals surface area (Å²) in [6.45, 7) is 7.82. The van der Waals surface area contributed by atoms with Crippen molar-refractivity contribution in [2.75, 3.05) is 29.9 Å². The van der Waals surface area contributed by atoms with Crippen LogP contribution in [-0.4, -0.2) is 45.4 Å². The number of rotatable bonds is 8. The largest absolute Gasteiger partial charge is 0.484 e. The van der Waals surface area contributed by atoms with E-state index in [0.717, 1.165) is 30.0 Å². The number of aryl methyl sites for hydroxylation is 1. The van der Waals surface area contributed by atoms with E-state index in [4.69, 9.17) is 4.74 Å². The molecule has 0 atom stereocenters. The Labute approximate surface area is 186 Å². The van der Waals surface area contributed by atoms with E-state index < -0.39 is 0 Å². The number of nitrogens with one attached hydrogen (secondary N) is 1. The van der Waals surface area contributed by atoms with Crippen LogP contribution in [-0.2, 0) is 4.79 Å². The van der Waals surface area contributed by atoms with Gasteiger partial charge in [0.15, 0.2) is 18.1 Å². The SMILES string of the molecule is CCN(CC)c1cccc(OCC(=O)Nc2cccc(-c3ccc4nnc(C)n4n3)c2)c1. The maximum absolute atomic E-state index is 12.5. The average molecular weight is 431 g/mol. The summed E-state index contributed by atoms with van der Waals surface area (Å²) in [7, 11) is 0. The van der Waals surface area contributed by atoms with Gasteiger partial charge in [-0.15, -0.1) is 10.2 Å². The molecule has 2 aromatic heterocycles. The first kappa shape index (κ1) is 21.3. The lowest BCUT2D eigenvalue weighted by Gasteiger charge is -2.21. The first-order valence-corrected chi connectivity index (χ1v) is 10.6. The van der Waals surface area contributed by atoms with Crippen molar-refractivity contribution in [1.82, 2.24) is 19.8 Å². The highest BCUT2D eigenvalue weighted by molar-refractivity contribution is 5.92. The number of fused-ring (bicyclic) bond motifs is 1. The lowest BCUT2D eigenvalue weighted by molar-refractivity contribution is -0.118. The maximum atomic E-state index is 12.5. The lowest BCUT2D eigenvalue weighted by Crippen LogP contribution is -2.22. The van der Waals surface area contributed by atoms with Gasteiger partial charge in [-0.2, -0.15) is 9.61 Å². The standard InChI is InChI=1S/C24H26N6O2/c1-4-29(5-2)20-10-7-11-21(15-20)32-16-24(31)25-19-9-6-8-18(14-19)22-12-13-23-27-26-17(3)30(23)28-22/h6-15H,4-5,16H2,1-3H3,(H,25,31). The topological polar surface area (TPSA) is 84.6 Å². The van der Waals surface area contributed by atoms with Gasteiger partial charge in [0.05, 0.1) is 5.69 Å². The molecule has 0 saturated carbocycles. The van der Waals surface area contributed by atoms with E-state index in [2.05, 4.69) is 39.4 Å². The van der Waals surface area contributed by atoms with Gasteiger partial charge in [0.2, 0.25) is 0 Å². The van der Waals surface area contributed by atoms with Crippen LogP contribution in [0.5, 0.6) is 5.75 Å². The molecule has 164 valence electrons. The number of ether oxygens (including phenoxy) is 1. The van der Waals surface area contributed by atoms with Crippen LogP contribution in [0.4, 0.5) is 11.4 Å². The molecule has 0 saturated heterocycles. The zero-order chi connectivity index (χ0) is 22.5. The maximum Gasteiger partial charge on any atom is 0.262 e. The van der Waals surface area contributed by atoms with Crippen LogP contribution in [0.15, 0.2) is 60.7 Å². The van der Waals surface area contributed by atoms with Crippen molar-refractivity contribution in [2.24, 2.45) is 0 Å². The first-order chi connectivity index (χ1) is 15.6. The molecule has 0 radical (unpaired) electrons. The van der Waals surface area contributed by atoms with Crippen LogP contribution in [0.25, 0.3) is 16.9 Å². The highest BCUT2D eigenvalue weighted by Crippen LogP contribution is 2.23. The Morgan fingerprint density at radius 3 is 2.66 bits per heavy atom. The zero-order valence-electron chi connectivity index (χ0n) is 18.4. The molecule has 4 rings (SSSR count). The minimum absolute atomic E-state index is 0.0734. The van der Waals surface area contributed by atoms with Gasteiger partial charge in [-0.05, 0) is 57.2 Å². The molecule has 8 heteroatoms. The summed E-state index contributed by atoms with van der Waals surface area (Å²) in [5.41, 5.74) is 4.09. The number of benzene rings is 2. The molecule has 2 aromatic carbocycles. The Hall–Kier alpha value is -3.94. The molecule has 2 heterocycles. The Balaban J connectivity index is 1.42. The Morgan fingerprint density at radius 2 is 1.84 bits per heavy atom. The van der Waals surface area contributed by atoms with Crippen molar-refractivity contribution < 1.29 is 9.53 Å². The summed E-state index contributed by atoms with van der Waals surface area (Å²) in [6.07, 6.45) is 0. The zero-order valence-corrected chi connectivity index (χ0v) is 18.4.